The van der Waals surface area contributed by atoms with Gasteiger partial charge < -0.3 is 9.67 Å². The number of carboxylic acids is 1. The van der Waals surface area contributed by atoms with Gasteiger partial charge in [-0.2, -0.15) is 0 Å². The summed E-state index contributed by atoms with van der Waals surface area (Å²) in [5.41, 5.74) is 5.20. The number of unbranched alkanes of at least 4 members (excludes halogenated alkanes) is 1. The summed E-state index contributed by atoms with van der Waals surface area (Å²) in [5.74, 6) is -0.543. The minimum Gasteiger partial charge on any atom is -0.478 e. The molecule has 0 saturated heterocycles. The molecule has 2 rings (SSSR count). The Kier molecular flexibility index (Phi) is 4.40. The van der Waals surface area contributed by atoms with E-state index in [1.807, 2.05) is 12.1 Å². The average Bonchev–Trinajstić information content (AvgIpc) is 2.68. The molecule has 0 fully saturated rings. The second kappa shape index (κ2) is 5.92. The highest BCUT2D eigenvalue weighted by Crippen LogP contribution is 2.33. The quantitative estimate of drug-likeness (QED) is 0.851. The largest absolute Gasteiger partial charge is 0.478 e. The Morgan fingerprint density at radius 2 is 1.95 bits per heavy atom. The third-order valence-electron chi connectivity index (χ3n) is 4.37. The number of hydrogen-bond donors (Lipinski definition) is 1. The van der Waals surface area contributed by atoms with Gasteiger partial charge in [0.15, 0.2) is 0 Å². The fourth-order valence-electron chi connectivity index (χ4n) is 2.97. The zero-order chi connectivity index (χ0) is 15.7. The molecule has 3 heteroatoms. The van der Waals surface area contributed by atoms with Crippen LogP contribution in [-0.4, -0.2) is 15.6 Å². The van der Waals surface area contributed by atoms with Crippen LogP contribution in [0.5, 0.6) is 0 Å². The lowest BCUT2D eigenvalue weighted by Crippen LogP contribution is -2.05. The van der Waals surface area contributed by atoms with Crippen molar-refractivity contribution < 1.29 is 9.90 Å². The zero-order valence-electron chi connectivity index (χ0n) is 13.7. The Morgan fingerprint density at radius 3 is 2.48 bits per heavy atom. The summed E-state index contributed by atoms with van der Waals surface area (Å²) in [6.07, 6.45) is 2.30. The van der Waals surface area contributed by atoms with Crippen LogP contribution in [0.25, 0.3) is 10.9 Å². The average molecular weight is 287 g/mol. The lowest BCUT2D eigenvalue weighted by Gasteiger charge is -2.14. The molecule has 0 bridgehead atoms. The molecule has 1 aromatic heterocycles. The predicted molar refractivity (Wildman–Crippen MR) is 87.4 cm³/mol. The number of hydrogen-bond acceptors (Lipinski definition) is 1. The number of aromatic carboxylic acids is 1. The van der Waals surface area contributed by atoms with E-state index in [4.69, 9.17) is 0 Å². The molecule has 0 unspecified atom stereocenters. The lowest BCUT2D eigenvalue weighted by atomic mass is 9.96. The second-order valence-electron chi connectivity index (χ2n) is 6.14. The zero-order valence-corrected chi connectivity index (χ0v) is 13.7. The molecule has 2 aromatic rings. The molecule has 0 saturated carbocycles. The summed E-state index contributed by atoms with van der Waals surface area (Å²) in [6, 6.07) is 3.67. The van der Waals surface area contributed by atoms with Gasteiger partial charge >= 0.3 is 5.97 Å². The van der Waals surface area contributed by atoms with E-state index in [0.717, 1.165) is 30.3 Å². The van der Waals surface area contributed by atoms with Crippen LogP contribution in [0.15, 0.2) is 12.1 Å². The summed E-state index contributed by atoms with van der Waals surface area (Å²) in [4.78, 5) is 11.4. The van der Waals surface area contributed by atoms with Gasteiger partial charge in [0.05, 0.1) is 11.1 Å². The van der Waals surface area contributed by atoms with E-state index in [0.29, 0.717) is 11.5 Å². The van der Waals surface area contributed by atoms with Crippen LogP contribution in [0.4, 0.5) is 0 Å². The SMILES string of the molecule is CCCCn1c(C)c(C)c2cc(C(=O)O)cc(C(C)C)c21. The van der Waals surface area contributed by atoms with E-state index < -0.39 is 5.97 Å². The summed E-state index contributed by atoms with van der Waals surface area (Å²) in [5, 5.41) is 10.4. The van der Waals surface area contributed by atoms with Crippen molar-refractivity contribution in [2.24, 2.45) is 0 Å². The minimum absolute atomic E-state index is 0.306. The Hall–Kier alpha value is -1.77. The third-order valence-corrected chi connectivity index (χ3v) is 4.37. The van der Waals surface area contributed by atoms with Crippen molar-refractivity contribution in [3.8, 4) is 0 Å². The van der Waals surface area contributed by atoms with Crippen LogP contribution >= 0.6 is 0 Å². The van der Waals surface area contributed by atoms with E-state index in [9.17, 15) is 9.90 Å². The van der Waals surface area contributed by atoms with Crippen LogP contribution in [0.3, 0.4) is 0 Å². The molecule has 1 N–H and O–H groups in total. The molecule has 1 heterocycles. The van der Waals surface area contributed by atoms with Gasteiger partial charge in [0.1, 0.15) is 0 Å². The van der Waals surface area contributed by atoms with E-state index in [2.05, 4.69) is 39.2 Å². The number of carbonyl (C=O) groups is 1. The standard InChI is InChI=1S/C18H25NO2/c1-6-7-8-19-13(5)12(4)16-10-14(18(20)21)9-15(11(2)3)17(16)19/h9-11H,6-8H2,1-5H3,(H,20,21). The van der Waals surface area contributed by atoms with Crippen LogP contribution < -0.4 is 0 Å². The first-order valence-electron chi connectivity index (χ1n) is 7.75. The fourth-order valence-corrected chi connectivity index (χ4v) is 2.97. The van der Waals surface area contributed by atoms with Gasteiger partial charge in [-0.1, -0.05) is 27.2 Å². The monoisotopic (exact) mass is 287 g/mol. The molecule has 0 aliphatic carbocycles. The Bertz CT molecular complexity index is 680. The molecule has 0 amide bonds. The van der Waals surface area contributed by atoms with Crippen LogP contribution in [0, 0.1) is 13.8 Å². The minimum atomic E-state index is -0.850. The normalized spacial score (nSPS) is 11.5. The first-order chi connectivity index (χ1) is 9.88. The van der Waals surface area contributed by atoms with E-state index in [1.165, 1.54) is 16.8 Å². The van der Waals surface area contributed by atoms with Crippen LogP contribution in [-0.2, 0) is 6.54 Å². The smallest absolute Gasteiger partial charge is 0.335 e. The third kappa shape index (κ3) is 2.69. The fraction of sp³-hybridized carbons (Fsp3) is 0.500. The second-order valence-corrected chi connectivity index (χ2v) is 6.14. The number of nitrogens with zero attached hydrogens (tertiary/aromatic N) is 1. The van der Waals surface area contributed by atoms with Gasteiger partial charge in [0, 0.05) is 17.6 Å². The Morgan fingerprint density at radius 1 is 1.29 bits per heavy atom. The van der Waals surface area contributed by atoms with E-state index in [-0.39, 0.29) is 0 Å². The molecule has 0 radical (unpaired) electrons. The van der Waals surface area contributed by atoms with E-state index in [1.54, 1.807) is 0 Å². The number of carboxylic acid groups (broad SMARTS) is 1. The molecular formula is C18H25NO2. The van der Waals surface area contributed by atoms with Gasteiger partial charge in [-0.05, 0) is 49.4 Å². The maximum absolute atomic E-state index is 11.4. The summed E-state index contributed by atoms with van der Waals surface area (Å²) in [7, 11) is 0. The van der Waals surface area contributed by atoms with Gasteiger partial charge in [0.2, 0.25) is 0 Å². The van der Waals surface area contributed by atoms with E-state index >= 15 is 0 Å². The summed E-state index contributed by atoms with van der Waals surface area (Å²) in [6.45, 7) is 11.7. The highest BCUT2D eigenvalue weighted by Gasteiger charge is 2.18. The Labute approximate surface area is 126 Å². The number of aromatic nitrogens is 1. The predicted octanol–water partition coefficient (Wildman–Crippen LogP) is 4.88. The molecule has 21 heavy (non-hydrogen) atoms. The summed E-state index contributed by atoms with van der Waals surface area (Å²) < 4.78 is 2.37. The molecule has 1 aromatic carbocycles. The van der Waals surface area contributed by atoms with Gasteiger partial charge in [-0.25, -0.2) is 4.79 Å². The molecular weight excluding hydrogens is 262 g/mol. The molecule has 0 atom stereocenters. The lowest BCUT2D eigenvalue weighted by molar-refractivity contribution is 0.0697. The maximum atomic E-state index is 11.4. The van der Waals surface area contributed by atoms with Crippen LogP contribution in [0.2, 0.25) is 0 Å². The molecule has 114 valence electrons. The van der Waals surface area contributed by atoms with Crippen molar-refractivity contribution in [3.63, 3.8) is 0 Å². The summed E-state index contributed by atoms with van der Waals surface area (Å²) >= 11 is 0. The van der Waals surface area contributed by atoms with Gasteiger partial charge in [-0.15, -0.1) is 0 Å². The maximum Gasteiger partial charge on any atom is 0.335 e. The molecule has 0 aliphatic rings. The Balaban J connectivity index is 2.81. The van der Waals surface area contributed by atoms with Crippen molar-refractivity contribution in [1.82, 2.24) is 4.57 Å². The topological polar surface area (TPSA) is 42.2 Å². The van der Waals surface area contributed by atoms with Crippen LogP contribution in [0.1, 0.15) is 66.7 Å². The van der Waals surface area contributed by atoms with Crippen molar-refractivity contribution in [3.05, 3.63) is 34.5 Å². The number of aryl methyl sites for hydroxylation is 2. The first kappa shape index (κ1) is 15.6. The highest BCUT2D eigenvalue weighted by atomic mass is 16.4. The van der Waals surface area contributed by atoms with Gasteiger partial charge in [0.25, 0.3) is 0 Å². The van der Waals surface area contributed by atoms with Crippen molar-refractivity contribution in [2.45, 2.75) is 59.9 Å². The van der Waals surface area contributed by atoms with Crippen molar-refractivity contribution in [2.75, 3.05) is 0 Å². The number of fused-ring (bicyclic) bond motifs is 1. The number of benzene rings is 1. The van der Waals surface area contributed by atoms with Crippen molar-refractivity contribution >= 4 is 16.9 Å². The number of rotatable bonds is 5. The first-order valence-corrected chi connectivity index (χ1v) is 7.75. The molecule has 3 nitrogen and oxygen atoms in total. The van der Waals surface area contributed by atoms with Gasteiger partial charge in [-0.3, -0.25) is 0 Å². The molecule has 0 aliphatic heterocycles. The highest BCUT2D eigenvalue weighted by molar-refractivity contribution is 5.97. The van der Waals surface area contributed by atoms with Crippen molar-refractivity contribution in [1.29, 1.82) is 0 Å². The molecule has 0 spiro atoms.